The summed E-state index contributed by atoms with van der Waals surface area (Å²) >= 11 is 0. The van der Waals surface area contributed by atoms with Gasteiger partial charge in [-0.05, 0) is 43.8 Å². The number of nitrogens with one attached hydrogen (secondary N) is 1. The van der Waals surface area contributed by atoms with Crippen LogP contribution in [0.5, 0.6) is 0 Å². The first-order valence-electron chi connectivity index (χ1n) is 9.45. The van der Waals surface area contributed by atoms with E-state index in [0.29, 0.717) is 0 Å². The van der Waals surface area contributed by atoms with Crippen molar-refractivity contribution < 1.29 is 0 Å². The van der Waals surface area contributed by atoms with E-state index < -0.39 is 0 Å². The van der Waals surface area contributed by atoms with E-state index in [1.165, 1.54) is 0 Å². The van der Waals surface area contributed by atoms with Crippen LogP contribution in [0.15, 0.2) is 60.6 Å². The predicted molar refractivity (Wildman–Crippen MR) is 130 cm³/mol. The van der Waals surface area contributed by atoms with Gasteiger partial charge in [0.25, 0.3) is 0 Å². The summed E-state index contributed by atoms with van der Waals surface area (Å²) in [6, 6.07) is 8.43. The van der Waals surface area contributed by atoms with Gasteiger partial charge in [-0.1, -0.05) is 74.9 Å². The van der Waals surface area contributed by atoms with Crippen molar-refractivity contribution in [3.8, 4) is 0 Å². The third-order valence-electron chi connectivity index (χ3n) is 5.60. The largest absolute Gasteiger partial charge is 0.324 e. The van der Waals surface area contributed by atoms with Crippen LogP contribution in [-0.4, -0.2) is 25.8 Å². The zero-order valence-electron chi connectivity index (χ0n) is 16.8. The Kier molecular flexibility index (Phi) is 4.51. The Morgan fingerprint density at radius 1 is 0.655 bits per heavy atom. The molecule has 0 aromatic heterocycles. The summed E-state index contributed by atoms with van der Waals surface area (Å²) in [6.07, 6.45) is 7.54. The smallest absolute Gasteiger partial charge is 0.135 e. The summed E-state index contributed by atoms with van der Waals surface area (Å²) in [5, 5.41) is 7.81. The number of rotatable bonds is 4. The highest BCUT2D eigenvalue weighted by atomic mass is 15.1. The molecule has 0 saturated carbocycles. The molecule has 3 nitrogen and oxygen atoms in total. The summed E-state index contributed by atoms with van der Waals surface area (Å²) in [5.41, 5.74) is 6.31. The van der Waals surface area contributed by atoms with Gasteiger partial charge in [-0.2, -0.15) is 0 Å². The lowest BCUT2D eigenvalue weighted by Crippen LogP contribution is -2.22. The average molecular weight is 377 g/mol. The highest BCUT2D eigenvalue weighted by Crippen LogP contribution is 2.42. The Morgan fingerprint density at radius 3 is 1.38 bits per heavy atom. The summed E-state index contributed by atoms with van der Waals surface area (Å²) in [5.74, 6) is 1.64. The molecule has 1 N–H and O–H groups in total. The maximum atomic E-state index is 4.50. The molecule has 1 aliphatic rings. The quantitative estimate of drug-likeness (QED) is 0.563. The highest BCUT2D eigenvalue weighted by Gasteiger charge is 2.30. The van der Waals surface area contributed by atoms with Gasteiger partial charge in [-0.15, -0.1) is 0 Å². The lowest BCUT2D eigenvalue weighted by atomic mass is 9.85. The van der Waals surface area contributed by atoms with Gasteiger partial charge in [0, 0.05) is 25.2 Å². The zero-order chi connectivity index (χ0) is 20.7. The Bertz CT molecular complexity index is 1200. The van der Waals surface area contributed by atoms with Crippen molar-refractivity contribution in [3.63, 3.8) is 0 Å². The number of amidine groups is 2. The van der Waals surface area contributed by atoms with Gasteiger partial charge in [0.15, 0.2) is 0 Å². The minimum absolute atomic E-state index is 0.821. The number of benzene rings is 3. The van der Waals surface area contributed by atoms with E-state index in [1.807, 2.05) is 24.3 Å². The molecule has 0 aliphatic carbocycles. The van der Waals surface area contributed by atoms with E-state index in [9.17, 15) is 0 Å². The van der Waals surface area contributed by atoms with Crippen LogP contribution in [0.1, 0.15) is 33.4 Å². The van der Waals surface area contributed by atoms with Gasteiger partial charge in [0.2, 0.25) is 0 Å². The van der Waals surface area contributed by atoms with Gasteiger partial charge < -0.3 is 5.32 Å². The topological polar surface area (TPSA) is 36.8 Å². The molecule has 3 heteroatoms. The monoisotopic (exact) mass is 377 g/mol. The van der Waals surface area contributed by atoms with Gasteiger partial charge in [-0.3, -0.25) is 9.98 Å². The van der Waals surface area contributed by atoms with Crippen LogP contribution in [0.4, 0.5) is 0 Å². The molecule has 29 heavy (non-hydrogen) atoms. The standard InChI is InChI=1S/C26H23N3/c1-7-15-11-13-19-21(17(15)9-3)22-18(10-4)16(8-2)12-14-20(22)24-23(19)25(27-5)29-26(24)28-6/h7-14H,1-4H2,5-6H3,(H,27,28,29). The Balaban J connectivity index is 2.46. The third-order valence-corrected chi connectivity index (χ3v) is 5.60. The molecule has 0 atom stereocenters. The molecule has 3 aromatic carbocycles. The van der Waals surface area contributed by atoms with E-state index in [2.05, 4.69) is 65.9 Å². The number of hydrogen-bond donors (Lipinski definition) is 1. The maximum absolute atomic E-state index is 4.50. The van der Waals surface area contributed by atoms with Gasteiger partial charge >= 0.3 is 0 Å². The van der Waals surface area contributed by atoms with Gasteiger partial charge in [0.1, 0.15) is 11.7 Å². The van der Waals surface area contributed by atoms with E-state index in [4.69, 9.17) is 0 Å². The minimum atomic E-state index is 0.821. The first kappa shape index (κ1) is 18.6. The lowest BCUT2D eigenvalue weighted by Gasteiger charge is -2.18. The van der Waals surface area contributed by atoms with Crippen molar-refractivity contribution in [2.24, 2.45) is 9.98 Å². The molecule has 0 amide bonds. The molecule has 0 radical (unpaired) electrons. The molecular weight excluding hydrogens is 354 g/mol. The fourth-order valence-electron chi connectivity index (χ4n) is 4.36. The van der Waals surface area contributed by atoms with Crippen molar-refractivity contribution in [1.29, 1.82) is 0 Å². The molecule has 4 rings (SSSR count). The van der Waals surface area contributed by atoms with Crippen LogP contribution in [0, 0.1) is 0 Å². The van der Waals surface area contributed by atoms with Gasteiger partial charge in [-0.25, -0.2) is 0 Å². The number of fused-ring (bicyclic) bond motifs is 6. The number of aliphatic imine (C=N–C) groups is 2. The molecule has 0 spiro atoms. The van der Waals surface area contributed by atoms with E-state index in [-0.39, 0.29) is 0 Å². The van der Waals surface area contributed by atoms with E-state index in [1.54, 1.807) is 14.1 Å². The van der Waals surface area contributed by atoms with Crippen LogP contribution in [0.25, 0.3) is 45.8 Å². The Morgan fingerprint density at radius 2 is 1.07 bits per heavy atom. The third kappa shape index (κ3) is 2.44. The molecule has 0 saturated heterocycles. The first-order chi connectivity index (χ1) is 14.1. The van der Waals surface area contributed by atoms with E-state index >= 15 is 0 Å². The zero-order valence-corrected chi connectivity index (χ0v) is 16.8. The lowest BCUT2D eigenvalue weighted by molar-refractivity contribution is 1.29. The van der Waals surface area contributed by atoms with Crippen LogP contribution >= 0.6 is 0 Å². The molecule has 3 aromatic rings. The molecule has 0 bridgehead atoms. The van der Waals surface area contributed by atoms with Crippen LogP contribution in [-0.2, 0) is 0 Å². The number of nitrogens with zero attached hydrogens (tertiary/aromatic N) is 2. The molecule has 1 aliphatic heterocycles. The van der Waals surface area contributed by atoms with E-state index in [0.717, 1.165) is 66.6 Å². The average Bonchev–Trinajstić information content (AvgIpc) is 3.16. The minimum Gasteiger partial charge on any atom is -0.324 e. The summed E-state index contributed by atoms with van der Waals surface area (Å²) in [6.45, 7) is 16.2. The van der Waals surface area contributed by atoms with Crippen LogP contribution in [0.3, 0.4) is 0 Å². The van der Waals surface area contributed by atoms with Crippen molar-refractivity contribution in [2.75, 3.05) is 14.1 Å². The van der Waals surface area contributed by atoms with Crippen LogP contribution < -0.4 is 5.32 Å². The second kappa shape index (κ2) is 7.02. The fourth-order valence-corrected chi connectivity index (χ4v) is 4.36. The first-order valence-corrected chi connectivity index (χ1v) is 9.45. The Labute approximate surface area is 171 Å². The van der Waals surface area contributed by atoms with Crippen molar-refractivity contribution in [1.82, 2.24) is 5.32 Å². The summed E-state index contributed by atoms with van der Waals surface area (Å²) < 4.78 is 0. The van der Waals surface area contributed by atoms with Gasteiger partial charge in [0.05, 0.1) is 0 Å². The van der Waals surface area contributed by atoms with Crippen LogP contribution in [0.2, 0.25) is 0 Å². The molecule has 0 unspecified atom stereocenters. The van der Waals surface area contributed by atoms with Crippen molar-refractivity contribution in [2.45, 2.75) is 0 Å². The maximum Gasteiger partial charge on any atom is 0.135 e. The predicted octanol–water partition coefficient (Wildman–Crippen LogP) is 5.92. The Hall–Kier alpha value is -3.72. The normalized spacial score (nSPS) is 15.5. The molecule has 142 valence electrons. The SMILES string of the molecule is C=Cc1ccc2c3c(c4ccc(C=C)c(C=C)c4c2c1C=C)C(=NC)NC3=NC. The highest BCUT2D eigenvalue weighted by molar-refractivity contribution is 6.37. The summed E-state index contributed by atoms with van der Waals surface area (Å²) in [7, 11) is 3.59. The summed E-state index contributed by atoms with van der Waals surface area (Å²) in [4.78, 5) is 9.00. The molecule has 1 heterocycles. The van der Waals surface area contributed by atoms with Crippen molar-refractivity contribution in [3.05, 3.63) is 84.0 Å². The van der Waals surface area contributed by atoms with Crippen molar-refractivity contribution >= 4 is 57.5 Å². The number of hydrogen-bond acceptors (Lipinski definition) is 2. The second-order valence-corrected chi connectivity index (χ2v) is 6.82. The fraction of sp³-hybridized carbons (Fsp3) is 0.0769. The molecule has 0 fully saturated rings. The second-order valence-electron chi connectivity index (χ2n) is 6.82. The molecular formula is C26H23N3.